The van der Waals surface area contributed by atoms with Gasteiger partial charge in [0.2, 0.25) is 0 Å². The minimum Gasteiger partial charge on any atom is -0.389 e. The van der Waals surface area contributed by atoms with Gasteiger partial charge in [0.25, 0.3) is 0 Å². The van der Waals surface area contributed by atoms with Crippen LogP contribution in [0.4, 0.5) is 5.82 Å². The molecular formula is C18H30IN5O4. The Labute approximate surface area is 179 Å². The van der Waals surface area contributed by atoms with Crippen LogP contribution in [0, 0.1) is 3.57 Å². The maximum Gasteiger partial charge on any atom is 0.146 e. The van der Waals surface area contributed by atoms with Gasteiger partial charge in [-0.1, -0.05) is 0 Å². The topological polar surface area (TPSA) is 117 Å². The first-order chi connectivity index (χ1) is 13.4. The molecule has 0 atom stereocenters. The molecule has 0 aliphatic carbocycles. The Morgan fingerprint density at radius 2 is 1.75 bits per heavy atom. The largest absolute Gasteiger partial charge is 0.389 e. The number of aliphatic hydroxyl groups is 1. The summed E-state index contributed by atoms with van der Waals surface area (Å²) >= 11 is 2.26. The molecule has 9 nitrogen and oxygen atoms in total. The van der Waals surface area contributed by atoms with E-state index in [-0.39, 0.29) is 0 Å². The Kier molecular flexibility index (Phi) is 9.82. The van der Waals surface area contributed by atoms with Gasteiger partial charge < -0.3 is 34.9 Å². The number of rotatable bonds is 14. The SMILES string of the molecule is CC(C)(O)Cn1cc(I)c2c(NCCOCCOCCOCCN)ncnc21. The number of nitrogens with two attached hydrogens (primary N) is 1. The second-order valence-corrected chi connectivity index (χ2v) is 8.05. The van der Waals surface area contributed by atoms with Gasteiger partial charge in [-0.15, -0.1) is 0 Å². The van der Waals surface area contributed by atoms with Gasteiger partial charge in [-0.3, -0.25) is 0 Å². The van der Waals surface area contributed by atoms with E-state index in [1.807, 2.05) is 10.8 Å². The Morgan fingerprint density at radius 3 is 2.39 bits per heavy atom. The number of aromatic nitrogens is 3. The van der Waals surface area contributed by atoms with Crippen LogP contribution in [0.5, 0.6) is 0 Å². The van der Waals surface area contributed by atoms with Crippen LogP contribution in [-0.4, -0.2) is 78.0 Å². The third kappa shape index (κ3) is 7.76. The van der Waals surface area contributed by atoms with Gasteiger partial charge in [-0.2, -0.15) is 0 Å². The molecule has 2 aromatic rings. The number of hydrogen-bond acceptors (Lipinski definition) is 8. The third-order valence-electron chi connectivity index (χ3n) is 3.71. The zero-order valence-corrected chi connectivity index (χ0v) is 18.6. The smallest absolute Gasteiger partial charge is 0.146 e. The van der Waals surface area contributed by atoms with Crippen molar-refractivity contribution in [1.82, 2.24) is 14.5 Å². The van der Waals surface area contributed by atoms with Crippen LogP contribution in [0.15, 0.2) is 12.5 Å². The number of halogens is 1. The highest BCUT2D eigenvalue weighted by atomic mass is 127. The van der Waals surface area contributed by atoms with Crippen molar-refractivity contribution < 1.29 is 19.3 Å². The van der Waals surface area contributed by atoms with Crippen LogP contribution in [0.1, 0.15) is 13.8 Å². The third-order valence-corrected chi connectivity index (χ3v) is 4.53. The maximum atomic E-state index is 10.1. The molecule has 2 heterocycles. The van der Waals surface area contributed by atoms with Gasteiger partial charge in [0.15, 0.2) is 0 Å². The maximum absolute atomic E-state index is 10.1. The summed E-state index contributed by atoms with van der Waals surface area (Å²) in [6.45, 7) is 8.41. The van der Waals surface area contributed by atoms with Gasteiger partial charge in [0.05, 0.1) is 57.2 Å². The first kappa shape index (κ1) is 23.2. The molecule has 0 bridgehead atoms. The van der Waals surface area contributed by atoms with E-state index < -0.39 is 5.60 Å². The van der Waals surface area contributed by atoms with Crippen molar-refractivity contribution in [2.75, 3.05) is 58.0 Å². The number of nitrogens with zero attached hydrogens (tertiary/aromatic N) is 3. The summed E-state index contributed by atoms with van der Waals surface area (Å²) in [5.74, 6) is 0.765. The number of ether oxygens (including phenoxy) is 3. The highest BCUT2D eigenvalue weighted by Gasteiger charge is 2.19. The van der Waals surface area contributed by atoms with Crippen molar-refractivity contribution >= 4 is 39.4 Å². The van der Waals surface area contributed by atoms with Crippen LogP contribution >= 0.6 is 22.6 Å². The Bertz CT molecular complexity index is 720. The summed E-state index contributed by atoms with van der Waals surface area (Å²) in [4.78, 5) is 8.74. The van der Waals surface area contributed by atoms with Gasteiger partial charge >= 0.3 is 0 Å². The highest BCUT2D eigenvalue weighted by Crippen LogP contribution is 2.27. The molecule has 10 heteroatoms. The van der Waals surface area contributed by atoms with E-state index in [0.29, 0.717) is 59.3 Å². The lowest BCUT2D eigenvalue weighted by molar-refractivity contribution is 0.0179. The number of fused-ring (bicyclic) bond motifs is 1. The van der Waals surface area contributed by atoms with Crippen molar-refractivity contribution in [2.45, 2.75) is 26.0 Å². The van der Waals surface area contributed by atoms with E-state index in [1.165, 1.54) is 6.33 Å². The monoisotopic (exact) mass is 507 g/mol. The first-order valence-electron chi connectivity index (χ1n) is 9.31. The van der Waals surface area contributed by atoms with E-state index in [1.54, 1.807) is 13.8 Å². The second-order valence-electron chi connectivity index (χ2n) is 6.89. The summed E-state index contributed by atoms with van der Waals surface area (Å²) in [6, 6.07) is 0. The lowest BCUT2D eigenvalue weighted by Crippen LogP contribution is -2.25. The molecule has 0 aliphatic rings. The Hall–Kier alpha value is -1.05. The molecular weight excluding hydrogens is 477 g/mol. The van der Waals surface area contributed by atoms with Crippen LogP contribution < -0.4 is 11.1 Å². The molecule has 0 aliphatic heterocycles. The van der Waals surface area contributed by atoms with Crippen molar-refractivity contribution in [3.63, 3.8) is 0 Å². The summed E-state index contributed by atoms with van der Waals surface area (Å²) in [7, 11) is 0. The number of hydrogen-bond donors (Lipinski definition) is 3. The van der Waals surface area contributed by atoms with Crippen molar-refractivity contribution in [3.05, 3.63) is 16.1 Å². The quantitative estimate of drug-likeness (QED) is 0.258. The fourth-order valence-electron chi connectivity index (χ4n) is 2.61. The summed E-state index contributed by atoms with van der Waals surface area (Å²) in [5, 5.41) is 14.4. The van der Waals surface area contributed by atoms with E-state index in [4.69, 9.17) is 19.9 Å². The van der Waals surface area contributed by atoms with Crippen LogP contribution in [-0.2, 0) is 20.8 Å². The molecule has 0 fully saturated rings. The lowest BCUT2D eigenvalue weighted by atomic mass is 10.1. The zero-order chi connectivity index (χ0) is 20.4. The molecule has 2 aromatic heterocycles. The first-order valence-corrected chi connectivity index (χ1v) is 10.4. The van der Waals surface area contributed by atoms with Crippen molar-refractivity contribution in [3.8, 4) is 0 Å². The van der Waals surface area contributed by atoms with E-state index >= 15 is 0 Å². The van der Waals surface area contributed by atoms with Crippen molar-refractivity contribution in [2.24, 2.45) is 5.73 Å². The fraction of sp³-hybridized carbons (Fsp3) is 0.667. The van der Waals surface area contributed by atoms with Gasteiger partial charge in [-0.05, 0) is 36.4 Å². The lowest BCUT2D eigenvalue weighted by Gasteiger charge is -2.18. The second kappa shape index (κ2) is 11.8. The van der Waals surface area contributed by atoms with E-state index in [9.17, 15) is 5.11 Å². The molecule has 4 N–H and O–H groups in total. The predicted octanol–water partition coefficient (Wildman–Crippen LogP) is 1.23. The minimum absolute atomic E-state index is 0.462. The Morgan fingerprint density at radius 1 is 1.11 bits per heavy atom. The van der Waals surface area contributed by atoms with Gasteiger partial charge in [0.1, 0.15) is 17.8 Å². The van der Waals surface area contributed by atoms with E-state index in [0.717, 1.165) is 20.4 Å². The molecule has 0 saturated heterocycles. The highest BCUT2D eigenvalue weighted by molar-refractivity contribution is 14.1. The van der Waals surface area contributed by atoms with Crippen molar-refractivity contribution in [1.29, 1.82) is 0 Å². The van der Waals surface area contributed by atoms with Crippen LogP contribution in [0.2, 0.25) is 0 Å². The number of nitrogens with one attached hydrogen (secondary N) is 1. The van der Waals surface area contributed by atoms with Gasteiger partial charge in [-0.25, -0.2) is 9.97 Å². The van der Waals surface area contributed by atoms with E-state index in [2.05, 4.69) is 37.9 Å². The standard InChI is InChI=1S/C18H30IN5O4/c1-18(2,25)12-24-11-14(19)15-16(22-13-23-17(15)24)21-4-6-27-8-10-28-9-7-26-5-3-20/h11,13,25H,3-10,12,20H2,1-2H3,(H,21,22,23). The molecule has 158 valence electrons. The van der Waals surface area contributed by atoms with Crippen LogP contribution in [0.25, 0.3) is 11.0 Å². The molecule has 2 rings (SSSR count). The van der Waals surface area contributed by atoms with Gasteiger partial charge in [0, 0.05) is 22.9 Å². The average molecular weight is 507 g/mol. The number of anilines is 1. The molecule has 0 unspecified atom stereocenters. The zero-order valence-electron chi connectivity index (χ0n) is 16.5. The molecule has 0 aromatic carbocycles. The molecule has 0 amide bonds. The van der Waals surface area contributed by atoms with Crippen LogP contribution in [0.3, 0.4) is 0 Å². The minimum atomic E-state index is -0.819. The molecule has 28 heavy (non-hydrogen) atoms. The summed E-state index contributed by atoms with van der Waals surface area (Å²) in [6.07, 6.45) is 3.51. The molecule has 0 radical (unpaired) electrons. The molecule has 0 spiro atoms. The fourth-order valence-corrected chi connectivity index (χ4v) is 3.45. The normalized spacial score (nSPS) is 12.0. The Balaban J connectivity index is 1.74. The summed E-state index contributed by atoms with van der Waals surface area (Å²) < 4.78 is 19.2. The summed E-state index contributed by atoms with van der Waals surface area (Å²) in [5.41, 5.74) is 5.31. The predicted molar refractivity (Wildman–Crippen MR) is 117 cm³/mol. The average Bonchev–Trinajstić information content (AvgIpc) is 2.94. The molecule has 0 saturated carbocycles.